The molecule has 3 aliphatic rings. The number of para-hydroxylation sites is 3. The van der Waals surface area contributed by atoms with E-state index in [9.17, 15) is 79.0 Å². The Labute approximate surface area is 415 Å². The Morgan fingerprint density at radius 3 is 0.781 bits per heavy atom. The van der Waals surface area contributed by atoms with Gasteiger partial charge in [0.25, 0.3) is 0 Å². The molecule has 28 heteroatoms. The van der Waals surface area contributed by atoms with E-state index in [0.29, 0.717) is 35.3 Å². The van der Waals surface area contributed by atoms with Gasteiger partial charge in [-0.05, 0) is 39.3 Å². The van der Waals surface area contributed by atoms with Crippen LogP contribution in [-0.2, 0) is 57.2 Å². The minimum Gasteiger partial charge on any atom is -0.502 e. The summed E-state index contributed by atoms with van der Waals surface area (Å²) < 4.78 is 236. The second-order valence-electron chi connectivity index (χ2n) is 15.2. The fourth-order valence-electron chi connectivity index (χ4n) is 7.25. The summed E-state index contributed by atoms with van der Waals surface area (Å²) in [7, 11) is 3.93. The van der Waals surface area contributed by atoms with Gasteiger partial charge < -0.3 is 29.4 Å². The SMILES string of the molecule is CN1[CH-]N(c2[c-]cccc2)c2cc(C(F)(F)F)nc(C(F)(F)F)c21.CN1[CH-]N(c2[c-]cccc2)c2cc(C(F)(F)F)nc(C(F)(F)F)c21.CN1[CH-]N(c2[c-]cccc2)c2cc(C(F)(F)F)nc(C(F)(F)F)c21.[Ir]. The minimum absolute atomic E-state index is 0. The van der Waals surface area contributed by atoms with E-state index in [1.807, 2.05) is 0 Å². The predicted octanol–water partition coefficient (Wildman–Crippen LogP) is 13.9. The molecule has 6 heterocycles. The third kappa shape index (κ3) is 11.7. The summed E-state index contributed by atoms with van der Waals surface area (Å²) in [6.07, 6.45) is -30.1. The molecule has 0 atom stereocenters. The summed E-state index contributed by atoms with van der Waals surface area (Å²) in [5, 5.41) is 0. The molecule has 6 aromatic rings. The first-order chi connectivity index (χ1) is 33.3. The van der Waals surface area contributed by atoms with Crippen LogP contribution in [0.2, 0.25) is 0 Å². The summed E-state index contributed by atoms with van der Waals surface area (Å²) in [4.78, 5) is 15.3. The van der Waals surface area contributed by atoms with Crippen LogP contribution in [0.4, 0.5) is 130 Å². The summed E-state index contributed by atoms with van der Waals surface area (Å²) >= 11 is 0. The average molecular weight is 1230 g/mol. The van der Waals surface area contributed by atoms with Gasteiger partial charge in [0.1, 0.15) is 17.1 Å². The Hall–Kier alpha value is -6.70. The largest absolute Gasteiger partial charge is 0.502 e. The number of fused-ring (bicyclic) bond motifs is 3. The molecule has 0 bridgehead atoms. The van der Waals surface area contributed by atoms with Gasteiger partial charge in [0, 0.05) is 37.2 Å². The maximum atomic E-state index is 13.2. The van der Waals surface area contributed by atoms with Crippen molar-refractivity contribution in [2.75, 3.05) is 50.5 Å². The van der Waals surface area contributed by atoms with Crippen LogP contribution < -0.4 is 29.4 Å². The van der Waals surface area contributed by atoms with Crippen LogP contribution in [0.25, 0.3) is 0 Å². The number of pyridine rings is 3. The summed E-state index contributed by atoms with van der Waals surface area (Å²) in [6, 6.07) is 29.0. The number of benzene rings is 3. The molecule has 9 nitrogen and oxygen atoms in total. The Kier molecular flexibility index (Phi) is 15.2. The Bertz CT molecular complexity index is 2580. The molecule has 3 aliphatic heterocycles. The smallest absolute Gasteiger partial charge is 0.435 e. The first-order valence-electron chi connectivity index (χ1n) is 19.9. The summed E-state index contributed by atoms with van der Waals surface area (Å²) in [6.45, 7) is 3.77. The standard InChI is InChI=1S/3C15H9F6N3.Ir/c3*1-23-8-24(9-5-3-2-4-6-9)10-7-11(14(16,17)18)22-13(12(10)23)15(19,20)21;/h3*2-5,7-8H,1H3;/q3*-2;. The second kappa shape index (κ2) is 20.0. The van der Waals surface area contributed by atoms with Crippen LogP contribution in [-0.4, -0.2) is 36.1 Å². The van der Waals surface area contributed by atoms with Gasteiger partial charge in [-0.15, -0.1) is 17.1 Å². The number of alkyl halides is 18. The van der Waals surface area contributed by atoms with Crippen LogP contribution in [0.1, 0.15) is 34.2 Å². The van der Waals surface area contributed by atoms with Gasteiger partial charge in [0.05, 0.1) is 17.1 Å². The number of nitrogens with zero attached hydrogens (tertiary/aromatic N) is 9. The topological polar surface area (TPSA) is 58.1 Å². The molecular weight excluding hydrogens is 1200 g/mol. The maximum Gasteiger partial charge on any atom is 0.435 e. The molecule has 9 rings (SSSR count). The fraction of sp³-hybridized carbons (Fsp3) is 0.200. The molecule has 3 aromatic carbocycles. The van der Waals surface area contributed by atoms with Crippen LogP contribution >= 0.6 is 0 Å². The molecule has 0 aliphatic carbocycles. The molecule has 0 spiro atoms. The van der Waals surface area contributed by atoms with Crippen molar-refractivity contribution in [1.29, 1.82) is 0 Å². The van der Waals surface area contributed by atoms with Gasteiger partial charge in [-0.1, -0.05) is 0 Å². The van der Waals surface area contributed by atoms with Crippen molar-refractivity contribution in [2.45, 2.75) is 37.1 Å². The monoisotopic (exact) mass is 1230 g/mol. The number of rotatable bonds is 3. The first kappa shape index (κ1) is 55.6. The molecule has 3 aromatic heterocycles. The van der Waals surface area contributed by atoms with E-state index >= 15 is 0 Å². The van der Waals surface area contributed by atoms with Gasteiger partial charge in [-0.3, -0.25) is 0 Å². The van der Waals surface area contributed by atoms with E-state index in [1.165, 1.54) is 92.2 Å². The Morgan fingerprint density at radius 1 is 0.370 bits per heavy atom. The molecule has 0 saturated heterocycles. The molecule has 0 saturated carbocycles. The summed E-state index contributed by atoms with van der Waals surface area (Å²) in [5.41, 5.74) is -10.7. The zero-order chi connectivity index (χ0) is 53.1. The van der Waals surface area contributed by atoms with Gasteiger partial charge in [-0.2, -0.15) is 190 Å². The van der Waals surface area contributed by atoms with E-state index in [0.717, 1.165) is 14.7 Å². The summed E-state index contributed by atoms with van der Waals surface area (Å²) in [5.74, 6) is 0. The Balaban J connectivity index is 0.000000177. The van der Waals surface area contributed by atoms with Crippen molar-refractivity contribution in [3.63, 3.8) is 0 Å². The van der Waals surface area contributed by atoms with Crippen LogP contribution in [0.3, 0.4) is 0 Å². The van der Waals surface area contributed by atoms with Crippen molar-refractivity contribution in [1.82, 2.24) is 15.0 Å². The molecule has 0 amide bonds. The van der Waals surface area contributed by atoms with Gasteiger partial charge >= 0.3 is 37.1 Å². The zero-order valence-electron chi connectivity index (χ0n) is 36.6. The van der Waals surface area contributed by atoms with E-state index in [-0.39, 0.29) is 37.2 Å². The average Bonchev–Trinajstić information content (AvgIpc) is 3.94. The van der Waals surface area contributed by atoms with E-state index in [2.05, 4.69) is 33.2 Å². The third-order valence-electron chi connectivity index (χ3n) is 10.2. The van der Waals surface area contributed by atoms with Gasteiger partial charge in [-0.25, -0.2) is 15.0 Å². The number of halogens is 18. The third-order valence-corrected chi connectivity index (χ3v) is 10.2. The van der Waals surface area contributed by atoms with Gasteiger partial charge in [0.2, 0.25) is 0 Å². The first-order valence-corrected chi connectivity index (χ1v) is 19.9. The van der Waals surface area contributed by atoms with Crippen LogP contribution in [0.15, 0.2) is 91.0 Å². The van der Waals surface area contributed by atoms with Gasteiger partial charge in [0.15, 0.2) is 17.1 Å². The van der Waals surface area contributed by atoms with Crippen molar-refractivity contribution in [3.05, 3.63) is 163 Å². The number of hydrogen-bond donors (Lipinski definition) is 0. The maximum absolute atomic E-state index is 13.2. The predicted molar refractivity (Wildman–Crippen MR) is 223 cm³/mol. The van der Waals surface area contributed by atoms with Crippen molar-refractivity contribution in [2.24, 2.45) is 0 Å². The number of hydrogen-bond acceptors (Lipinski definition) is 9. The second-order valence-corrected chi connectivity index (χ2v) is 15.2. The fourth-order valence-corrected chi connectivity index (χ4v) is 7.25. The molecule has 1 radical (unpaired) electrons. The molecule has 0 N–H and O–H groups in total. The van der Waals surface area contributed by atoms with Crippen molar-refractivity contribution in [3.8, 4) is 0 Å². The minimum atomic E-state index is -5.02. The number of aromatic nitrogens is 3. The normalized spacial score (nSPS) is 14.8. The van der Waals surface area contributed by atoms with Crippen LogP contribution in [0.5, 0.6) is 0 Å². The quantitative estimate of drug-likeness (QED) is 0.127. The van der Waals surface area contributed by atoms with Crippen molar-refractivity contribution >= 4 is 51.2 Å². The van der Waals surface area contributed by atoms with E-state index in [4.69, 9.17) is 0 Å². The molecule has 0 fully saturated rings. The molecule has 393 valence electrons. The molecular formula is C45H27F18IrN9-6. The Morgan fingerprint density at radius 2 is 0.603 bits per heavy atom. The van der Waals surface area contributed by atoms with Crippen LogP contribution in [0, 0.1) is 38.2 Å². The molecule has 73 heavy (non-hydrogen) atoms. The molecule has 0 unspecified atom stereocenters. The van der Waals surface area contributed by atoms with E-state index < -0.39 is 88.3 Å². The number of anilines is 9. The zero-order valence-corrected chi connectivity index (χ0v) is 38.9. The van der Waals surface area contributed by atoms with Crippen molar-refractivity contribution < 1.29 is 99.1 Å². The van der Waals surface area contributed by atoms with E-state index in [1.54, 1.807) is 36.4 Å².